The summed E-state index contributed by atoms with van der Waals surface area (Å²) >= 11 is 0. The van der Waals surface area contributed by atoms with Gasteiger partial charge < -0.3 is 4.90 Å². The van der Waals surface area contributed by atoms with Crippen LogP contribution in [0.2, 0.25) is 0 Å². The summed E-state index contributed by atoms with van der Waals surface area (Å²) in [5, 5.41) is 4.18. The Bertz CT molecular complexity index is 875. The fourth-order valence-corrected chi connectivity index (χ4v) is 4.80. The number of amides is 1. The Morgan fingerprint density at radius 1 is 1.10 bits per heavy atom. The lowest BCUT2D eigenvalue weighted by Gasteiger charge is -2.26. The molecule has 4 rings (SSSR count). The maximum absolute atomic E-state index is 12.8. The third-order valence-electron chi connectivity index (χ3n) is 6.56. The number of hydrogen-bond acceptors (Lipinski definition) is 4. The van der Waals surface area contributed by atoms with Crippen LogP contribution in [0.25, 0.3) is 0 Å². The fourth-order valence-electron chi connectivity index (χ4n) is 4.80. The van der Waals surface area contributed by atoms with Crippen LogP contribution in [0.15, 0.2) is 36.5 Å². The molecule has 1 aliphatic heterocycles. The average molecular weight is 395 g/mol. The van der Waals surface area contributed by atoms with Gasteiger partial charge in [-0.05, 0) is 50.3 Å². The van der Waals surface area contributed by atoms with Crippen LogP contribution in [0.3, 0.4) is 0 Å². The van der Waals surface area contributed by atoms with Crippen molar-refractivity contribution in [1.82, 2.24) is 19.6 Å². The van der Waals surface area contributed by atoms with E-state index in [0.717, 1.165) is 32.5 Å². The van der Waals surface area contributed by atoms with Gasteiger partial charge in [-0.15, -0.1) is 0 Å². The van der Waals surface area contributed by atoms with Crippen LogP contribution in [-0.2, 0) is 6.54 Å². The molecule has 0 spiro atoms. The van der Waals surface area contributed by atoms with Gasteiger partial charge in [0.1, 0.15) is 5.69 Å². The molecule has 3 atom stereocenters. The van der Waals surface area contributed by atoms with Crippen LogP contribution in [0.4, 0.5) is 4.79 Å². The molecule has 2 heterocycles. The number of rotatable bonds is 5. The highest BCUT2D eigenvalue weighted by Gasteiger charge is 2.43. The van der Waals surface area contributed by atoms with E-state index in [1.807, 2.05) is 4.90 Å². The molecule has 29 heavy (non-hydrogen) atoms. The van der Waals surface area contributed by atoms with E-state index in [0.29, 0.717) is 30.0 Å². The van der Waals surface area contributed by atoms with Crippen LogP contribution < -0.4 is 0 Å². The molecular weight excluding hydrogens is 364 g/mol. The van der Waals surface area contributed by atoms with E-state index in [4.69, 9.17) is 0 Å². The van der Waals surface area contributed by atoms with Crippen molar-refractivity contribution in [2.24, 2.45) is 11.8 Å². The molecule has 6 heteroatoms. The van der Waals surface area contributed by atoms with E-state index < -0.39 is 0 Å². The molecule has 0 radical (unpaired) electrons. The fraction of sp³-hybridized carbons (Fsp3) is 0.522. The minimum atomic E-state index is -0.112. The van der Waals surface area contributed by atoms with E-state index in [9.17, 15) is 9.59 Å². The summed E-state index contributed by atoms with van der Waals surface area (Å²) in [7, 11) is 2.21. The maximum Gasteiger partial charge on any atom is 0.344 e. The minimum absolute atomic E-state index is 0.0331. The van der Waals surface area contributed by atoms with Gasteiger partial charge in [0, 0.05) is 38.3 Å². The van der Waals surface area contributed by atoms with Crippen molar-refractivity contribution in [3.05, 3.63) is 53.3 Å². The summed E-state index contributed by atoms with van der Waals surface area (Å²) in [5.41, 5.74) is 3.01. The monoisotopic (exact) mass is 394 g/mol. The second-order valence-electron chi connectivity index (χ2n) is 8.66. The molecule has 1 aromatic carbocycles. The molecule has 2 fully saturated rings. The first-order valence-electron chi connectivity index (χ1n) is 10.6. The van der Waals surface area contributed by atoms with Gasteiger partial charge >= 0.3 is 6.03 Å². The van der Waals surface area contributed by atoms with Gasteiger partial charge in [0.2, 0.25) is 0 Å². The number of likely N-dealkylation sites (tertiary alicyclic amines) is 1. The second-order valence-corrected chi connectivity index (χ2v) is 8.66. The summed E-state index contributed by atoms with van der Waals surface area (Å²) < 4.78 is 1.32. The number of aromatic nitrogens is 2. The number of benzene rings is 1. The van der Waals surface area contributed by atoms with Gasteiger partial charge in [-0.2, -0.15) is 9.78 Å². The molecule has 2 aliphatic rings. The Kier molecular flexibility index (Phi) is 5.54. The van der Waals surface area contributed by atoms with Gasteiger partial charge in [-0.1, -0.05) is 36.8 Å². The number of carbonyl (C=O) groups is 2. The van der Waals surface area contributed by atoms with Gasteiger partial charge in [-0.25, -0.2) is 4.79 Å². The molecule has 0 unspecified atom stereocenters. The number of nitrogens with zero attached hydrogens (tertiary/aromatic N) is 4. The topological polar surface area (TPSA) is 58.4 Å². The van der Waals surface area contributed by atoms with E-state index in [2.05, 4.69) is 48.2 Å². The Morgan fingerprint density at radius 2 is 1.76 bits per heavy atom. The highest BCUT2D eigenvalue weighted by Crippen LogP contribution is 2.40. The number of fused-ring (bicyclic) bond motifs is 1. The Labute approximate surface area is 172 Å². The smallest absolute Gasteiger partial charge is 0.322 e. The molecule has 2 aromatic rings. The lowest BCUT2D eigenvalue weighted by molar-refractivity contribution is 0.0983. The van der Waals surface area contributed by atoms with Crippen LogP contribution in [-0.4, -0.2) is 57.6 Å². The van der Waals surface area contributed by atoms with Crippen molar-refractivity contribution in [2.45, 2.75) is 45.7 Å². The van der Waals surface area contributed by atoms with Crippen LogP contribution in [0, 0.1) is 18.8 Å². The summed E-state index contributed by atoms with van der Waals surface area (Å²) in [6.07, 6.45) is 4.28. The third-order valence-corrected chi connectivity index (χ3v) is 6.56. The number of carbonyl (C=O) groups excluding carboxylic acids is 2. The molecule has 1 aliphatic carbocycles. The zero-order valence-corrected chi connectivity index (χ0v) is 17.5. The molecule has 1 saturated carbocycles. The Hall–Kier alpha value is -2.47. The van der Waals surface area contributed by atoms with Crippen molar-refractivity contribution in [1.29, 1.82) is 0 Å². The molecule has 154 valence electrons. The number of ketones is 1. The number of Topliss-reactive ketones (excluding diaryl/α,β-unsaturated/α-hetero) is 1. The first-order valence-corrected chi connectivity index (χ1v) is 10.6. The Morgan fingerprint density at radius 3 is 2.38 bits per heavy atom. The normalized spacial score (nSPS) is 23.6. The van der Waals surface area contributed by atoms with Gasteiger partial charge in [0.15, 0.2) is 5.78 Å². The minimum Gasteiger partial charge on any atom is -0.322 e. The van der Waals surface area contributed by atoms with Crippen molar-refractivity contribution < 1.29 is 9.59 Å². The van der Waals surface area contributed by atoms with Crippen LogP contribution in [0.5, 0.6) is 0 Å². The predicted molar refractivity (Wildman–Crippen MR) is 112 cm³/mol. The zero-order valence-electron chi connectivity index (χ0n) is 17.5. The molecule has 6 nitrogen and oxygen atoms in total. The molecule has 1 saturated heterocycles. The highest BCUT2D eigenvalue weighted by molar-refractivity contribution is 5.94. The summed E-state index contributed by atoms with van der Waals surface area (Å²) in [4.78, 5) is 28.9. The number of hydrogen-bond donors (Lipinski definition) is 0. The van der Waals surface area contributed by atoms with Crippen LogP contribution >= 0.6 is 0 Å². The maximum atomic E-state index is 12.8. The van der Waals surface area contributed by atoms with Gasteiger partial charge in [-0.3, -0.25) is 9.69 Å². The first-order chi connectivity index (χ1) is 13.9. The van der Waals surface area contributed by atoms with E-state index in [-0.39, 0.29) is 11.8 Å². The van der Waals surface area contributed by atoms with Crippen molar-refractivity contribution >= 4 is 11.8 Å². The SMILES string of the molecule is CCC(=O)c1ccn(C(=O)N2C[C@H]3C[C@@H](N(C)Cc4ccc(C)cc4)C[C@H]3C2)n1. The summed E-state index contributed by atoms with van der Waals surface area (Å²) in [6.45, 7) is 6.46. The van der Waals surface area contributed by atoms with E-state index in [1.54, 1.807) is 19.2 Å². The quantitative estimate of drug-likeness (QED) is 0.727. The lowest BCUT2D eigenvalue weighted by Crippen LogP contribution is -2.36. The first kappa shape index (κ1) is 19.8. The molecule has 1 aromatic heterocycles. The average Bonchev–Trinajstić information content (AvgIpc) is 3.43. The van der Waals surface area contributed by atoms with Crippen molar-refractivity contribution in [2.75, 3.05) is 20.1 Å². The molecule has 0 bridgehead atoms. The van der Waals surface area contributed by atoms with Gasteiger partial charge in [0.25, 0.3) is 0 Å². The predicted octanol–water partition coefficient (Wildman–Crippen LogP) is 3.59. The molecular formula is C23H30N4O2. The molecule has 0 N–H and O–H groups in total. The Balaban J connectivity index is 1.32. The van der Waals surface area contributed by atoms with E-state index in [1.165, 1.54) is 15.8 Å². The second kappa shape index (κ2) is 8.11. The zero-order chi connectivity index (χ0) is 20.5. The standard InChI is InChI=1S/C23H30N4O2/c1-4-22(28)21-9-10-27(24-21)23(29)26-14-18-11-20(12-19(18)15-26)25(3)13-17-7-5-16(2)6-8-17/h5-10,18-20H,4,11-15H2,1-3H3/t18-,19+,20-. The summed E-state index contributed by atoms with van der Waals surface area (Å²) in [5.74, 6) is 1.07. The van der Waals surface area contributed by atoms with Crippen molar-refractivity contribution in [3.63, 3.8) is 0 Å². The largest absolute Gasteiger partial charge is 0.344 e. The highest BCUT2D eigenvalue weighted by atomic mass is 16.2. The third kappa shape index (κ3) is 4.13. The molecule has 1 amide bonds. The van der Waals surface area contributed by atoms with Crippen molar-refractivity contribution in [3.8, 4) is 0 Å². The van der Waals surface area contributed by atoms with Gasteiger partial charge in [0.05, 0.1) is 0 Å². The summed E-state index contributed by atoms with van der Waals surface area (Å²) in [6, 6.07) is 10.9. The van der Waals surface area contributed by atoms with Crippen LogP contribution in [0.1, 0.15) is 47.8 Å². The van der Waals surface area contributed by atoms with E-state index >= 15 is 0 Å². The number of aryl methyl sites for hydroxylation is 1. The lowest BCUT2D eigenvalue weighted by atomic mass is 10.0.